The van der Waals surface area contributed by atoms with Crippen molar-refractivity contribution in [1.82, 2.24) is 19.6 Å². The molecule has 140 valence electrons. The Morgan fingerprint density at radius 1 is 1.30 bits per heavy atom. The fraction of sp³-hybridized carbons (Fsp3) is 0.235. The fourth-order valence-electron chi connectivity index (χ4n) is 2.92. The highest BCUT2D eigenvalue weighted by Crippen LogP contribution is 2.20. The summed E-state index contributed by atoms with van der Waals surface area (Å²) in [5, 5.41) is 11.4. The van der Waals surface area contributed by atoms with Crippen LogP contribution in [0.3, 0.4) is 0 Å². The van der Waals surface area contributed by atoms with Crippen LogP contribution < -0.4 is 16.5 Å². The summed E-state index contributed by atoms with van der Waals surface area (Å²) in [5.41, 5.74) is 5.62. The molecule has 2 amide bonds. The molecule has 0 aliphatic heterocycles. The maximum Gasteiger partial charge on any atom is 0.280 e. The Hall–Kier alpha value is -3.20. The summed E-state index contributed by atoms with van der Waals surface area (Å²) in [5.74, 6) is -1.51. The highest BCUT2D eigenvalue weighted by molar-refractivity contribution is 6.31. The number of carbonyl (C=O) groups excluding carboxylic acids is 2. The standard InChI is InChI=1S/C17H17ClN6O3/c1-4-24-11-6-5-9(18)7-10(11)15(25)13(22-24)17(27)20-12-8(2)21-23(3)14(12)16(19)26/h5-7H,4H2,1-3H3,(H2,19,26)(H,20,27). The van der Waals surface area contributed by atoms with E-state index in [9.17, 15) is 14.4 Å². The van der Waals surface area contributed by atoms with Gasteiger partial charge in [0, 0.05) is 18.6 Å². The third-order valence-electron chi connectivity index (χ3n) is 4.13. The molecule has 0 bridgehead atoms. The van der Waals surface area contributed by atoms with Gasteiger partial charge in [0.1, 0.15) is 5.69 Å². The van der Waals surface area contributed by atoms with Crippen molar-refractivity contribution < 1.29 is 9.59 Å². The first kappa shape index (κ1) is 18.6. The normalized spacial score (nSPS) is 11.0. The first-order valence-electron chi connectivity index (χ1n) is 8.09. The number of nitrogens with one attached hydrogen (secondary N) is 1. The van der Waals surface area contributed by atoms with Gasteiger partial charge in [-0.1, -0.05) is 11.6 Å². The molecular weight excluding hydrogens is 372 g/mol. The Balaban J connectivity index is 2.14. The van der Waals surface area contributed by atoms with Gasteiger partial charge in [-0.05, 0) is 32.0 Å². The SMILES string of the molecule is CCn1nc(C(=O)Nc2c(C)nn(C)c2C(N)=O)c(=O)c2cc(Cl)ccc21. The molecule has 0 aliphatic carbocycles. The second kappa shape index (κ2) is 6.84. The molecule has 2 aromatic heterocycles. The van der Waals surface area contributed by atoms with Crippen molar-refractivity contribution in [3.8, 4) is 0 Å². The molecule has 0 radical (unpaired) electrons. The van der Waals surface area contributed by atoms with Crippen LogP contribution in [-0.4, -0.2) is 31.4 Å². The van der Waals surface area contributed by atoms with Crippen LogP contribution in [0.5, 0.6) is 0 Å². The zero-order chi connectivity index (χ0) is 19.9. The minimum absolute atomic E-state index is 0.0282. The average molecular weight is 389 g/mol. The molecule has 0 spiro atoms. The highest BCUT2D eigenvalue weighted by atomic mass is 35.5. The molecule has 0 fully saturated rings. The number of carbonyl (C=O) groups is 2. The number of fused-ring (bicyclic) bond motifs is 1. The molecule has 0 unspecified atom stereocenters. The van der Waals surface area contributed by atoms with Crippen molar-refractivity contribution in [1.29, 1.82) is 0 Å². The molecule has 0 atom stereocenters. The van der Waals surface area contributed by atoms with Crippen molar-refractivity contribution in [2.24, 2.45) is 12.8 Å². The van der Waals surface area contributed by atoms with E-state index in [0.29, 0.717) is 22.8 Å². The van der Waals surface area contributed by atoms with Gasteiger partial charge in [-0.25, -0.2) is 0 Å². The average Bonchev–Trinajstić information content (AvgIpc) is 2.89. The summed E-state index contributed by atoms with van der Waals surface area (Å²) in [7, 11) is 1.53. The minimum atomic E-state index is -0.761. The lowest BCUT2D eigenvalue weighted by Gasteiger charge is -2.11. The largest absolute Gasteiger partial charge is 0.364 e. The number of amides is 2. The molecule has 0 saturated heterocycles. The Morgan fingerprint density at radius 2 is 2.00 bits per heavy atom. The second-order valence-electron chi connectivity index (χ2n) is 5.91. The van der Waals surface area contributed by atoms with Gasteiger partial charge in [-0.3, -0.25) is 23.7 Å². The quantitative estimate of drug-likeness (QED) is 0.700. The van der Waals surface area contributed by atoms with Crippen LogP contribution in [0.1, 0.15) is 33.6 Å². The summed E-state index contributed by atoms with van der Waals surface area (Å²) in [6.07, 6.45) is 0. The van der Waals surface area contributed by atoms with E-state index >= 15 is 0 Å². The Kier molecular flexibility index (Phi) is 4.71. The van der Waals surface area contributed by atoms with Gasteiger partial charge >= 0.3 is 0 Å². The van der Waals surface area contributed by atoms with Crippen molar-refractivity contribution in [3.63, 3.8) is 0 Å². The maximum atomic E-state index is 12.8. The second-order valence-corrected chi connectivity index (χ2v) is 6.34. The highest BCUT2D eigenvalue weighted by Gasteiger charge is 2.23. The van der Waals surface area contributed by atoms with Crippen LogP contribution in [0.2, 0.25) is 5.02 Å². The molecule has 3 aromatic rings. The summed E-state index contributed by atoms with van der Waals surface area (Å²) >= 11 is 6.00. The smallest absolute Gasteiger partial charge is 0.280 e. The van der Waals surface area contributed by atoms with Crippen molar-refractivity contribution >= 4 is 40.0 Å². The Labute approximate surface area is 158 Å². The van der Waals surface area contributed by atoms with Crippen LogP contribution in [0.4, 0.5) is 5.69 Å². The van der Waals surface area contributed by atoms with Crippen LogP contribution in [0.25, 0.3) is 10.9 Å². The zero-order valence-corrected chi connectivity index (χ0v) is 15.7. The first-order chi connectivity index (χ1) is 12.7. The third kappa shape index (κ3) is 3.17. The van der Waals surface area contributed by atoms with E-state index < -0.39 is 17.2 Å². The van der Waals surface area contributed by atoms with Crippen LogP contribution in [0.15, 0.2) is 23.0 Å². The summed E-state index contributed by atoms with van der Waals surface area (Å²) in [6, 6.07) is 4.82. The summed E-state index contributed by atoms with van der Waals surface area (Å²) in [6.45, 7) is 3.89. The number of hydrogen-bond donors (Lipinski definition) is 2. The van der Waals surface area contributed by atoms with E-state index in [1.807, 2.05) is 6.92 Å². The van der Waals surface area contributed by atoms with Gasteiger partial charge in [-0.2, -0.15) is 10.2 Å². The molecule has 2 heterocycles. The molecule has 10 heteroatoms. The first-order valence-corrected chi connectivity index (χ1v) is 8.47. The van der Waals surface area contributed by atoms with E-state index in [2.05, 4.69) is 15.5 Å². The lowest BCUT2D eigenvalue weighted by molar-refractivity contribution is 0.0992. The third-order valence-corrected chi connectivity index (χ3v) is 4.36. The predicted molar refractivity (Wildman–Crippen MR) is 101 cm³/mol. The van der Waals surface area contributed by atoms with Gasteiger partial charge < -0.3 is 11.1 Å². The Morgan fingerprint density at radius 3 is 2.63 bits per heavy atom. The molecule has 0 saturated carbocycles. The van der Waals surface area contributed by atoms with Crippen LogP contribution >= 0.6 is 11.6 Å². The number of hydrogen-bond acceptors (Lipinski definition) is 5. The molecule has 1 aromatic carbocycles. The van der Waals surface area contributed by atoms with Gasteiger partial charge in [0.25, 0.3) is 11.8 Å². The number of nitrogens with zero attached hydrogens (tertiary/aromatic N) is 4. The topological polar surface area (TPSA) is 125 Å². The van der Waals surface area contributed by atoms with E-state index in [0.717, 1.165) is 0 Å². The molecule has 9 nitrogen and oxygen atoms in total. The number of aromatic nitrogens is 4. The molecular formula is C17H17ClN6O3. The monoisotopic (exact) mass is 388 g/mol. The summed E-state index contributed by atoms with van der Waals surface area (Å²) < 4.78 is 2.80. The lowest BCUT2D eigenvalue weighted by atomic mass is 10.2. The van der Waals surface area contributed by atoms with Crippen molar-refractivity contribution in [3.05, 3.63) is 50.5 Å². The number of anilines is 1. The molecule has 3 rings (SSSR count). The van der Waals surface area contributed by atoms with E-state index in [1.54, 1.807) is 19.1 Å². The van der Waals surface area contributed by atoms with E-state index in [-0.39, 0.29) is 22.5 Å². The summed E-state index contributed by atoms with van der Waals surface area (Å²) in [4.78, 5) is 37.2. The number of aryl methyl sites for hydroxylation is 3. The van der Waals surface area contributed by atoms with E-state index in [4.69, 9.17) is 17.3 Å². The molecule has 27 heavy (non-hydrogen) atoms. The van der Waals surface area contributed by atoms with Crippen LogP contribution in [0, 0.1) is 6.92 Å². The lowest BCUT2D eigenvalue weighted by Crippen LogP contribution is -2.28. The minimum Gasteiger partial charge on any atom is -0.364 e. The van der Waals surface area contributed by atoms with Gasteiger partial charge in [0.15, 0.2) is 5.69 Å². The number of nitrogens with two attached hydrogens (primary N) is 1. The van der Waals surface area contributed by atoms with Crippen LogP contribution in [-0.2, 0) is 13.6 Å². The number of primary amides is 1. The van der Waals surface area contributed by atoms with Gasteiger partial charge in [0.05, 0.1) is 22.3 Å². The number of rotatable bonds is 4. The van der Waals surface area contributed by atoms with Gasteiger partial charge in [-0.15, -0.1) is 0 Å². The van der Waals surface area contributed by atoms with Gasteiger partial charge in [0.2, 0.25) is 5.43 Å². The fourth-order valence-corrected chi connectivity index (χ4v) is 3.09. The van der Waals surface area contributed by atoms with Crippen molar-refractivity contribution in [2.45, 2.75) is 20.4 Å². The van der Waals surface area contributed by atoms with Crippen molar-refractivity contribution in [2.75, 3.05) is 5.32 Å². The predicted octanol–water partition coefficient (Wildman–Crippen LogP) is 1.46. The van der Waals surface area contributed by atoms with E-state index in [1.165, 1.54) is 22.5 Å². The molecule has 0 aliphatic rings. The number of halogens is 1. The zero-order valence-electron chi connectivity index (χ0n) is 14.9. The molecule has 3 N–H and O–H groups in total. The Bertz CT molecular complexity index is 1150. The number of benzene rings is 1. The maximum absolute atomic E-state index is 12.8.